The molecular formula is C9H16N2O2. The van der Waals surface area contributed by atoms with E-state index < -0.39 is 0 Å². The molecule has 1 fully saturated rings. The minimum Gasteiger partial charge on any atom is -0.344 e. The summed E-state index contributed by atoms with van der Waals surface area (Å²) in [6, 6.07) is -0.502. The van der Waals surface area contributed by atoms with Crippen LogP contribution in [0, 0.1) is 5.92 Å². The monoisotopic (exact) mass is 184 g/mol. The summed E-state index contributed by atoms with van der Waals surface area (Å²) < 4.78 is 0. The fourth-order valence-corrected chi connectivity index (χ4v) is 1.43. The summed E-state index contributed by atoms with van der Waals surface area (Å²) in [5, 5.41) is 5.76. The fraction of sp³-hybridized carbons (Fsp3) is 0.778. The maximum absolute atomic E-state index is 11.4. The van der Waals surface area contributed by atoms with Crippen LogP contribution < -0.4 is 10.6 Å². The van der Waals surface area contributed by atoms with E-state index in [0.717, 1.165) is 0 Å². The Labute approximate surface area is 78.1 Å². The average molecular weight is 184 g/mol. The number of carbonyl (C=O) groups excluding carboxylic acids is 2. The topological polar surface area (TPSA) is 58.2 Å². The Morgan fingerprint density at radius 2 is 2.15 bits per heavy atom. The van der Waals surface area contributed by atoms with Crippen LogP contribution in [-0.2, 0) is 9.59 Å². The number of hydrogen-bond acceptors (Lipinski definition) is 3. The lowest BCUT2D eigenvalue weighted by Crippen LogP contribution is -2.61. The lowest BCUT2D eigenvalue weighted by atomic mass is 9.99. The molecule has 0 aromatic carbocycles. The molecule has 0 aliphatic carbocycles. The van der Waals surface area contributed by atoms with Gasteiger partial charge in [-0.05, 0) is 12.8 Å². The van der Waals surface area contributed by atoms with Crippen molar-refractivity contribution < 1.29 is 9.59 Å². The van der Waals surface area contributed by atoms with Crippen molar-refractivity contribution in [3.63, 3.8) is 0 Å². The first-order valence-corrected chi connectivity index (χ1v) is 4.56. The van der Waals surface area contributed by atoms with Crippen LogP contribution in [0.4, 0.5) is 0 Å². The van der Waals surface area contributed by atoms with Crippen LogP contribution in [0.5, 0.6) is 0 Å². The second-order valence-corrected chi connectivity index (χ2v) is 3.80. The minimum atomic E-state index is -0.345. The van der Waals surface area contributed by atoms with Crippen LogP contribution in [0.3, 0.4) is 0 Å². The zero-order valence-corrected chi connectivity index (χ0v) is 8.26. The van der Waals surface area contributed by atoms with Crippen molar-refractivity contribution in [2.24, 2.45) is 5.92 Å². The lowest BCUT2D eigenvalue weighted by molar-refractivity contribution is -0.131. The molecule has 13 heavy (non-hydrogen) atoms. The molecule has 0 saturated carbocycles. The van der Waals surface area contributed by atoms with Crippen LogP contribution in [0.25, 0.3) is 0 Å². The molecule has 4 heteroatoms. The van der Waals surface area contributed by atoms with Crippen molar-refractivity contribution >= 4 is 11.7 Å². The standard InChI is InChI=1S/C9H16N2O2/c1-5(2)8-9(13)11-7(4-10-8)6(3)12/h5,7-8,10H,4H2,1-3H3,(H,11,13)/t7?,8-/m0/s1. The Morgan fingerprint density at radius 3 is 2.54 bits per heavy atom. The predicted octanol–water partition coefficient (Wildman–Crippen LogP) is -0.312. The summed E-state index contributed by atoms with van der Waals surface area (Å²) in [7, 11) is 0. The van der Waals surface area contributed by atoms with Gasteiger partial charge < -0.3 is 10.6 Å². The molecule has 1 aliphatic rings. The third-order valence-electron chi connectivity index (χ3n) is 2.30. The van der Waals surface area contributed by atoms with Gasteiger partial charge in [0.1, 0.15) is 0 Å². The van der Waals surface area contributed by atoms with E-state index in [1.807, 2.05) is 13.8 Å². The van der Waals surface area contributed by atoms with Gasteiger partial charge in [-0.25, -0.2) is 0 Å². The number of carbonyl (C=O) groups is 2. The van der Waals surface area contributed by atoms with E-state index in [-0.39, 0.29) is 29.7 Å². The van der Waals surface area contributed by atoms with Crippen molar-refractivity contribution in [1.82, 2.24) is 10.6 Å². The molecular weight excluding hydrogens is 168 g/mol. The highest BCUT2D eigenvalue weighted by atomic mass is 16.2. The van der Waals surface area contributed by atoms with Crippen LogP contribution in [-0.4, -0.2) is 30.3 Å². The Bertz CT molecular complexity index is 226. The van der Waals surface area contributed by atoms with Gasteiger partial charge in [0.15, 0.2) is 5.78 Å². The van der Waals surface area contributed by atoms with E-state index in [1.54, 1.807) is 0 Å². The minimum absolute atomic E-state index is 0.00283. The van der Waals surface area contributed by atoms with Gasteiger partial charge in [-0.2, -0.15) is 0 Å². The molecule has 1 heterocycles. The van der Waals surface area contributed by atoms with Crippen molar-refractivity contribution in [2.45, 2.75) is 32.9 Å². The van der Waals surface area contributed by atoms with Crippen molar-refractivity contribution in [2.75, 3.05) is 6.54 Å². The maximum Gasteiger partial charge on any atom is 0.238 e. The molecule has 0 bridgehead atoms. The quantitative estimate of drug-likeness (QED) is 0.619. The van der Waals surface area contributed by atoms with Gasteiger partial charge in [-0.1, -0.05) is 13.8 Å². The summed E-state index contributed by atoms with van der Waals surface area (Å²) in [5.41, 5.74) is 0. The average Bonchev–Trinajstić information content (AvgIpc) is 2.03. The van der Waals surface area contributed by atoms with E-state index in [2.05, 4.69) is 10.6 Å². The van der Waals surface area contributed by atoms with Gasteiger partial charge in [-0.15, -0.1) is 0 Å². The first-order valence-electron chi connectivity index (χ1n) is 4.56. The SMILES string of the molecule is CC(=O)C1CN[C@@H](C(C)C)C(=O)N1. The van der Waals surface area contributed by atoms with E-state index in [1.165, 1.54) is 6.92 Å². The van der Waals surface area contributed by atoms with Gasteiger partial charge in [0.25, 0.3) is 0 Å². The normalized spacial score (nSPS) is 28.8. The first kappa shape index (κ1) is 10.2. The maximum atomic E-state index is 11.4. The molecule has 1 amide bonds. The summed E-state index contributed by atoms with van der Waals surface area (Å²) in [6.45, 7) is 5.99. The van der Waals surface area contributed by atoms with Gasteiger partial charge >= 0.3 is 0 Å². The molecule has 1 aliphatic heterocycles. The van der Waals surface area contributed by atoms with Gasteiger partial charge in [0.05, 0.1) is 12.1 Å². The van der Waals surface area contributed by atoms with Crippen LogP contribution in [0.1, 0.15) is 20.8 Å². The second-order valence-electron chi connectivity index (χ2n) is 3.80. The predicted molar refractivity (Wildman–Crippen MR) is 49.2 cm³/mol. The molecule has 4 nitrogen and oxygen atoms in total. The van der Waals surface area contributed by atoms with Crippen LogP contribution >= 0.6 is 0 Å². The van der Waals surface area contributed by atoms with Crippen molar-refractivity contribution in [3.8, 4) is 0 Å². The summed E-state index contributed by atoms with van der Waals surface area (Å²) in [5.74, 6) is 0.192. The molecule has 0 spiro atoms. The van der Waals surface area contributed by atoms with E-state index in [0.29, 0.717) is 6.54 Å². The fourth-order valence-electron chi connectivity index (χ4n) is 1.43. The van der Waals surface area contributed by atoms with E-state index in [4.69, 9.17) is 0 Å². The molecule has 2 atom stereocenters. The largest absolute Gasteiger partial charge is 0.344 e. The van der Waals surface area contributed by atoms with E-state index >= 15 is 0 Å². The molecule has 1 rings (SSSR count). The zero-order valence-electron chi connectivity index (χ0n) is 8.26. The molecule has 1 unspecified atom stereocenters. The highest BCUT2D eigenvalue weighted by molar-refractivity contribution is 5.91. The molecule has 0 aromatic heterocycles. The number of hydrogen-bond donors (Lipinski definition) is 2. The number of Topliss-reactive ketones (excluding diaryl/α,β-unsaturated/α-hetero) is 1. The van der Waals surface area contributed by atoms with Gasteiger partial charge in [-0.3, -0.25) is 9.59 Å². The number of nitrogens with one attached hydrogen (secondary N) is 2. The van der Waals surface area contributed by atoms with Crippen molar-refractivity contribution in [1.29, 1.82) is 0 Å². The second kappa shape index (κ2) is 3.87. The van der Waals surface area contributed by atoms with Gasteiger partial charge in [0, 0.05) is 6.54 Å². The summed E-state index contributed by atoms with van der Waals surface area (Å²) in [6.07, 6.45) is 0. The summed E-state index contributed by atoms with van der Waals surface area (Å²) >= 11 is 0. The van der Waals surface area contributed by atoms with Crippen molar-refractivity contribution in [3.05, 3.63) is 0 Å². The molecule has 74 valence electrons. The highest BCUT2D eigenvalue weighted by Gasteiger charge is 2.30. The number of piperazine rings is 1. The molecule has 1 saturated heterocycles. The Kier molecular flexibility index (Phi) is 3.03. The number of rotatable bonds is 2. The zero-order chi connectivity index (χ0) is 10.0. The highest BCUT2D eigenvalue weighted by Crippen LogP contribution is 2.06. The Morgan fingerprint density at radius 1 is 1.54 bits per heavy atom. The van der Waals surface area contributed by atoms with Crippen LogP contribution in [0.2, 0.25) is 0 Å². The smallest absolute Gasteiger partial charge is 0.238 e. The molecule has 2 N–H and O–H groups in total. The van der Waals surface area contributed by atoms with E-state index in [9.17, 15) is 9.59 Å². The first-order chi connectivity index (χ1) is 6.02. The van der Waals surface area contributed by atoms with Gasteiger partial charge in [0.2, 0.25) is 5.91 Å². The Balaban J connectivity index is 2.57. The lowest BCUT2D eigenvalue weighted by Gasteiger charge is -2.31. The number of ketones is 1. The summed E-state index contributed by atoms with van der Waals surface area (Å²) in [4.78, 5) is 22.4. The van der Waals surface area contributed by atoms with Crippen LogP contribution in [0.15, 0.2) is 0 Å². The number of amides is 1. The third-order valence-corrected chi connectivity index (χ3v) is 2.30. The molecule has 0 aromatic rings. The Hall–Kier alpha value is -0.900. The third kappa shape index (κ3) is 2.28. The molecule has 0 radical (unpaired) electrons.